The number of aromatic nitrogens is 4. The third kappa shape index (κ3) is 5.53. The van der Waals surface area contributed by atoms with Gasteiger partial charge >= 0.3 is 6.18 Å². The Morgan fingerprint density at radius 2 is 1.52 bits per heavy atom. The van der Waals surface area contributed by atoms with Crippen LogP contribution in [0.4, 0.5) is 19.0 Å². The topological polar surface area (TPSA) is 105 Å². The van der Waals surface area contributed by atoms with E-state index in [-0.39, 0.29) is 29.3 Å². The maximum Gasteiger partial charge on any atom is 0.453 e. The number of piperidine rings is 1. The largest absolute Gasteiger partial charge is 0.453 e. The molecule has 1 saturated carbocycles. The minimum atomic E-state index is -4.65. The van der Waals surface area contributed by atoms with Crippen LogP contribution in [0.1, 0.15) is 50.8 Å². The van der Waals surface area contributed by atoms with Crippen molar-refractivity contribution in [3.8, 4) is 0 Å². The highest BCUT2D eigenvalue weighted by atomic mass is 19.4. The maximum atomic E-state index is 13.1. The summed E-state index contributed by atoms with van der Waals surface area (Å²) in [5, 5.41) is 16.5. The quantitative estimate of drug-likeness (QED) is 0.631. The number of carbonyl (C=O) groups excluding carboxylic acids is 2. The molecule has 2 aromatic heterocycles. The van der Waals surface area contributed by atoms with Crippen LogP contribution in [-0.2, 0) is 15.8 Å². The first kappa shape index (κ1) is 23.2. The average Bonchev–Trinajstić information content (AvgIpc) is 3.26. The third-order valence-corrected chi connectivity index (χ3v) is 6.39. The molecule has 0 radical (unpaired) electrons. The number of fused-ring (bicyclic) bond motifs is 1. The van der Waals surface area contributed by atoms with E-state index < -0.39 is 12.0 Å². The van der Waals surface area contributed by atoms with Crippen molar-refractivity contribution in [2.75, 3.05) is 31.1 Å². The van der Waals surface area contributed by atoms with Crippen molar-refractivity contribution >= 4 is 23.3 Å². The van der Waals surface area contributed by atoms with Gasteiger partial charge in [-0.2, -0.15) is 17.7 Å². The fourth-order valence-corrected chi connectivity index (χ4v) is 4.52. The lowest BCUT2D eigenvalue weighted by atomic mass is 9.89. The summed E-state index contributed by atoms with van der Waals surface area (Å²) in [6.07, 6.45) is 1.74. The molecule has 0 unspecified atom stereocenters. The van der Waals surface area contributed by atoms with Crippen LogP contribution < -0.4 is 15.5 Å². The van der Waals surface area contributed by atoms with E-state index in [9.17, 15) is 22.8 Å². The molecule has 0 atom stereocenters. The SMILES string of the molecule is O=C(NCCNC(=O)C1CCN(c2ccc3nnc(C(F)(F)F)n3n2)CC1)C1CCCCC1. The number of hydrogen-bond acceptors (Lipinski definition) is 6. The molecule has 2 amide bonds. The Hall–Kier alpha value is -2.92. The Balaban J connectivity index is 1.23. The first-order valence-corrected chi connectivity index (χ1v) is 11.4. The zero-order valence-electron chi connectivity index (χ0n) is 18.3. The van der Waals surface area contributed by atoms with Crippen LogP contribution in [0.5, 0.6) is 0 Å². The van der Waals surface area contributed by atoms with Gasteiger partial charge in [-0.15, -0.1) is 15.3 Å². The maximum absolute atomic E-state index is 13.1. The molecular weight excluding hydrogens is 439 g/mol. The number of carbonyl (C=O) groups is 2. The Kier molecular flexibility index (Phi) is 6.99. The van der Waals surface area contributed by atoms with Gasteiger partial charge in [0.25, 0.3) is 5.82 Å². The smallest absolute Gasteiger partial charge is 0.355 e. The van der Waals surface area contributed by atoms with Crippen LogP contribution in [0.2, 0.25) is 0 Å². The van der Waals surface area contributed by atoms with Crippen LogP contribution in [0.15, 0.2) is 12.1 Å². The second-order valence-corrected chi connectivity index (χ2v) is 8.66. The summed E-state index contributed by atoms with van der Waals surface area (Å²) in [5.74, 6) is -0.857. The summed E-state index contributed by atoms with van der Waals surface area (Å²) in [5.41, 5.74) is 0.0240. The van der Waals surface area contributed by atoms with E-state index in [0.717, 1.165) is 25.7 Å². The van der Waals surface area contributed by atoms with Crippen molar-refractivity contribution in [3.05, 3.63) is 18.0 Å². The summed E-state index contributed by atoms with van der Waals surface area (Å²) in [6.45, 7) is 1.78. The van der Waals surface area contributed by atoms with Crippen LogP contribution in [0, 0.1) is 11.8 Å². The lowest BCUT2D eigenvalue weighted by Gasteiger charge is -2.32. The summed E-state index contributed by atoms with van der Waals surface area (Å²) in [7, 11) is 0. The zero-order valence-corrected chi connectivity index (χ0v) is 18.3. The summed E-state index contributed by atoms with van der Waals surface area (Å²) in [6, 6.07) is 3.06. The van der Waals surface area contributed by atoms with Gasteiger partial charge in [-0.1, -0.05) is 19.3 Å². The molecular formula is C21H28F3N7O2. The number of amides is 2. The fourth-order valence-electron chi connectivity index (χ4n) is 4.52. The van der Waals surface area contributed by atoms with Crippen LogP contribution in [0.25, 0.3) is 5.65 Å². The van der Waals surface area contributed by atoms with Crippen LogP contribution >= 0.6 is 0 Å². The van der Waals surface area contributed by atoms with Gasteiger partial charge in [0.05, 0.1) is 0 Å². The molecule has 1 saturated heterocycles. The van der Waals surface area contributed by atoms with E-state index in [1.807, 2.05) is 4.90 Å². The molecule has 0 aromatic carbocycles. The molecule has 9 nitrogen and oxygen atoms in total. The van der Waals surface area contributed by atoms with Gasteiger partial charge in [-0.05, 0) is 37.8 Å². The Labute approximate surface area is 189 Å². The molecule has 12 heteroatoms. The van der Waals surface area contributed by atoms with E-state index >= 15 is 0 Å². The number of rotatable bonds is 6. The lowest BCUT2D eigenvalue weighted by molar-refractivity contribution is -0.146. The number of nitrogens with one attached hydrogen (secondary N) is 2. The number of nitrogens with zero attached hydrogens (tertiary/aromatic N) is 5. The van der Waals surface area contributed by atoms with Crippen molar-refractivity contribution in [1.29, 1.82) is 0 Å². The Morgan fingerprint density at radius 3 is 2.12 bits per heavy atom. The van der Waals surface area contributed by atoms with Gasteiger partial charge in [0.15, 0.2) is 5.65 Å². The predicted octanol–water partition coefficient (Wildman–Crippen LogP) is 2.17. The van der Waals surface area contributed by atoms with Crippen molar-refractivity contribution in [1.82, 2.24) is 30.4 Å². The normalized spacial score (nSPS) is 18.5. The van der Waals surface area contributed by atoms with Gasteiger partial charge in [-0.25, -0.2) is 0 Å². The highest BCUT2D eigenvalue weighted by Crippen LogP contribution is 2.29. The molecule has 33 heavy (non-hydrogen) atoms. The molecule has 4 rings (SSSR count). The zero-order chi connectivity index (χ0) is 23.4. The van der Waals surface area contributed by atoms with Crippen LogP contribution in [-0.4, -0.2) is 57.8 Å². The number of alkyl halides is 3. The number of anilines is 1. The van der Waals surface area contributed by atoms with E-state index in [4.69, 9.17) is 0 Å². The van der Waals surface area contributed by atoms with Crippen LogP contribution in [0.3, 0.4) is 0 Å². The van der Waals surface area contributed by atoms with Crippen molar-refractivity contribution < 1.29 is 22.8 Å². The minimum absolute atomic E-state index is 0.0240. The van der Waals surface area contributed by atoms with E-state index in [1.54, 1.807) is 6.07 Å². The Bertz CT molecular complexity index is 980. The molecule has 1 aliphatic heterocycles. The summed E-state index contributed by atoms with van der Waals surface area (Å²) >= 11 is 0. The first-order valence-electron chi connectivity index (χ1n) is 11.4. The highest BCUT2D eigenvalue weighted by molar-refractivity contribution is 5.80. The molecule has 2 aromatic rings. The first-order chi connectivity index (χ1) is 15.8. The van der Waals surface area contributed by atoms with Crippen molar-refractivity contribution in [2.24, 2.45) is 11.8 Å². The van der Waals surface area contributed by atoms with Crippen molar-refractivity contribution in [3.63, 3.8) is 0 Å². The van der Waals surface area contributed by atoms with Gasteiger partial charge < -0.3 is 15.5 Å². The number of hydrogen-bond donors (Lipinski definition) is 2. The summed E-state index contributed by atoms with van der Waals surface area (Å²) < 4.78 is 40.0. The van der Waals surface area contributed by atoms with Gasteiger partial charge in [0.1, 0.15) is 5.82 Å². The molecule has 180 valence electrons. The van der Waals surface area contributed by atoms with E-state index in [2.05, 4.69) is 25.9 Å². The van der Waals surface area contributed by atoms with Gasteiger partial charge in [-0.3, -0.25) is 9.59 Å². The minimum Gasteiger partial charge on any atom is -0.355 e. The van der Waals surface area contributed by atoms with E-state index in [0.29, 0.717) is 49.4 Å². The van der Waals surface area contributed by atoms with Gasteiger partial charge in [0, 0.05) is 38.0 Å². The number of halogens is 3. The summed E-state index contributed by atoms with van der Waals surface area (Å²) in [4.78, 5) is 26.5. The molecule has 2 aliphatic rings. The molecule has 2 N–H and O–H groups in total. The second kappa shape index (κ2) is 9.92. The standard InChI is InChI=1S/C21H28F3N7O2/c22-21(23,24)20-28-27-16-6-7-17(29-31(16)20)30-12-8-15(9-13-30)19(33)26-11-10-25-18(32)14-4-2-1-3-5-14/h6-7,14-15H,1-5,8-13H2,(H,25,32)(H,26,33). The third-order valence-electron chi connectivity index (χ3n) is 6.39. The fraction of sp³-hybridized carbons (Fsp3) is 0.667. The second-order valence-electron chi connectivity index (χ2n) is 8.66. The van der Waals surface area contributed by atoms with Gasteiger partial charge in [0.2, 0.25) is 11.8 Å². The highest BCUT2D eigenvalue weighted by Gasteiger charge is 2.38. The Morgan fingerprint density at radius 1 is 0.909 bits per heavy atom. The van der Waals surface area contributed by atoms with E-state index in [1.165, 1.54) is 12.5 Å². The lowest BCUT2D eigenvalue weighted by Crippen LogP contribution is -2.43. The predicted molar refractivity (Wildman–Crippen MR) is 113 cm³/mol. The molecule has 3 heterocycles. The van der Waals surface area contributed by atoms with Crippen molar-refractivity contribution in [2.45, 2.75) is 51.1 Å². The molecule has 0 bridgehead atoms. The molecule has 0 spiro atoms. The molecule has 2 fully saturated rings. The molecule has 1 aliphatic carbocycles. The monoisotopic (exact) mass is 467 g/mol. The average molecular weight is 467 g/mol.